The van der Waals surface area contributed by atoms with Crippen molar-refractivity contribution in [3.8, 4) is 0 Å². The molecule has 0 aromatic rings. The van der Waals surface area contributed by atoms with Crippen LogP contribution in [0.25, 0.3) is 0 Å². The molecule has 0 bridgehead atoms. The molecule has 84 valence electrons. The monoisotopic (exact) mass is 202 g/mol. The summed E-state index contributed by atoms with van der Waals surface area (Å²) in [4.78, 5) is 11.3. The zero-order valence-corrected chi connectivity index (χ0v) is 9.55. The summed E-state index contributed by atoms with van der Waals surface area (Å²) in [5, 5.41) is 14.6. The van der Waals surface area contributed by atoms with Gasteiger partial charge in [0.2, 0.25) is 5.91 Å². The van der Waals surface area contributed by atoms with Gasteiger partial charge in [-0.3, -0.25) is 4.79 Å². The summed E-state index contributed by atoms with van der Waals surface area (Å²) >= 11 is 0. The quantitative estimate of drug-likeness (QED) is 0.593. The lowest BCUT2D eigenvalue weighted by Gasteiger charge is -2.31. The maximum atomic E-state index is 11.3. The molecule has 4 nitrogen and oxygen atoms in total. The molecular formula is C10H22N2O2. The average molecular weight is 202 g/mol. The van der Waals surface area contributed by atoms with Crippen LogP contribution in [-0.4, -0.2) is 37.3 Å². The predicted octanol–water partition coefficient (Wildman–Crippen LogP) is 0.119. The standard InChI is InChI=1S/C10H22N2O2/c1-10(2,3)8(5-6-13)12-9(14)7-11-4/h8,11,13H,5-7H2,1-4H3,(H,12,14). The molecule has 0 radical (unpaired) electrons. The van der Waals surface area contributed by atoms with E-state index in [1.807, 2.05) is 20.8 Å². The van der Waals surface area contributed by atoms with Crippen molar-refractivity contribution < 1.29 is 9.90 Å². The van der Waals surface area contributed by atoms with Gasteiger partial charge in [0.1, 0.15) is 0 Å². The van der Waals surface area contributed by atoms with Crippen LogP contribution in [0.5, 0.6) is 0 Å². The molecule has 0 aliphatic heterocycles. The van der Waals surface area contributed by atoms with Crippen LogP contribution in [-0.2, 0) is 4.79 Å². The van der Waals surface area contributed by atoms with Gasteiger partial charge in [-0.1, -0.05) is 20.8 Å². The number of hydrogen-bond donors (Lipinski definition) is 3. The van der Waals surface area contributed by atoms with Crippen molar-refractivity contribution >= 4 is 5.91 Å². The van der Waals surface area contributed by atoms with Gasteiger partial charge in [-0.2, -0.15) is 0 Å². The van der Waals surface area contributed by atoms with E-state index in [1.54, 1.807) is 7.05 Å². The molecule has 0 aromatic heterocycles. The maximum absolute atomic E-state index is 11.3. The Kier molecular flexibility index (Phi) is 5.72. The smallest absolute Gasteiger partial charge is 0.234 e. The molecule has 4 heteroatoms. The predicted molar refractivity (Wildman–Crippen MR) is 57.0 cm³/mol. The van der Waals surface area contributed by atoms with E-state index < -0.39 is 0 Å². The number of amides is 1. The van der Waals surface area contributed by atoms with Crippen LogP contribution in [0, 0.1) is 5.41 Å². The highest BCUT2D eigenvalue weighted by atomic mass is 16.3. The number of likely N-dealkylation sites (N-methyl/N-ethyl adjacent to an activating group) is 1. The Bertz CT molecular complexity index is 175. The van der Waals surface area contributed by atoms with Crippen LogP contribution in [0.15, 0.2) is 0 Å². The molecule has 0 fully saturated rings. The van der Waals surface area contributed by atoms with E-state index in [2.05, 4.69) is 10.6 Å². The van der Waals surface area contributed by atoms with Crippen LogP contribution >= 0.6 is 0 Å². The molecule has 0 rings (SSSR count). The van der Waals surface area contributed by atoms with E-state index in [-0.39, 0.29) is 24.0 Å². The van der Waals surface area contributed by atoms with Crippen LogP contribution in [0.4, 0.5) is 0 Å². The van der Waals surface area contributed by atoms with Crippen molar-refractivity contribution in [2.45, 2.75) is 33.2 Å². The lowest BCUT2D eigenvalue weighted by Crippen LogP contribution is -2.46. The van der Waals surface area contributed by atoms with E-state index >= 15 is 0 Å². The van der Waals surface area contributed by atoms with Gasteiger partial charge < -0.3 is 15.7 Å². The summed E-state index contributed by atoms with van der Waals surface area (Å²) < 4.78 is 0. The van der Waals surface area contributed by atoms with Crippen molar-refractivity contribution in [3.63, 3.8) is 0 Å². The molecule has 0 saturated heterocycles. The van der Waals surface area contributed by atoms with Crippen molar-refractivity contribution in [2.24, 2.45) is 5.41 Å². The Balaban J connectivity index is 4.16. The average Bonchev–Trinajstić information content (AvgIpc) is 2.02. The molecule has 0 spiro atoms. The van der Waals surface area contributed by atoms with Gasteiger partial charge in [-0.15, -0.1) is 0 Å². The first-order valence-corrected chi connectivity index (χ1v) is 4.96. The molecule has 0 saturated carbocycles. The van der Waals surface area contributed by atoms with E-state index in [4.69, 9.17) is 5.11 Å². The number of aliphatic hydroxyl groups excluding tert-OH is 1. The summed E-state index contributed by atoms with van der Waals surface area (Å²) in [6.45, 7) is 6.56. The Morgan fingerprint density at radius 2 is 2.00 bits per heavy atom. The second kappa shape index (κ2) is 5.98. The first kappa shape index (κ1) is 13.4. The molecular weight excluding hydrogens is 180 g/mol. The third-order valence-corrected chi connectivity index (χ3v) is 2.14. The number of hydrogen-bond acceptors (Lipinski definition) is 3. The van der Waals surface area contributed by atoms with Gasteiger partial charge in [0, 0.05) is 12.6 Å². The topological polar surface area (TPSA) is 61.4 Å². The number of aliphatic hydroxyl groups is 1. The highest BCUT2D eigenvalue weighted by Gasteiger charge is 2.25. The second-order valence-electron chi connectivity index (χ2n) is 4.53. The van der Waals surface area contributed by atoms with Crippen molar-refractivity contribution in [1.29, 1.82) is 0 Å². The fraction of sp³-hybridized carbons (Fsp3) is 0.900. The maximum Gasteiger partial charge on any atom is 0.234 e. The molecule has 1 amide bonds. The SMILES string of the molecule is CNCC(=O)NC(CCO)C(C)(C)C. The molecule has 0 aliphatic rings. The molecule has 0 aliphatic carbocycles. The minimum atomic E-state index is -0.0270. The van der Waals surface area contributed by atoms with Crippen molar-refractivity contribution in [2.75, 3.05) is 20.2 Å². The Labute approximate surface area is 86.1 Å². The minimum absolute atomic E-state index is 0.0216. The summed E-state index contributed by atoms with van der Waals surface area (Å²) in [6.07, 6.45) is 0.596. The number of carbonyl (C=O) groups is 1. The second-order valence-corrected chi connectivity index (χ2v) is 4.53. The number of rotatable bonds is 5. The number of carbonyl (C=O) groups excluding carboxylic acids is 1. The van der Waals surface area contributed by atoms with E-state index in [0.717, 1.165) is 0 Å². The van der Waals surface area contributed by atoms with Crippen LogP contribution in [0.2, 0.25) is 0 Å². The largest absolute Gasteiger partial charge is 0.396 e. The van der Waals surface area contributed by atoms with Crippen LogP contribution in [0.3, 0.4) is 0 Å². The molecule has 14 heavy (non-hydrogen) atoms. The molecule has 3 N–H and O–H groups in total. The van der Waals surface area contributed by atoms with Crippen LogP contribution < -0.4 is 10.6 Å². The Morgan fingerprint density at radius 1 is 1.43 bits per heavy atom. The molecule has 0 aromatic carbocycles. The van der Waals surface area contributed by atoms with Gasteiger partial charge in [-0.05, 0) is 18.9 Å². The third kappa shape index (κ3) is 5.19. The van der Waals surface area contributed by atoms with E-state index in [9.17, 15) is 4.79 Å². The van der Waals surface area contributed by atoms with Gasteiger partial charge >= 0.3 is 0 Å². The lowest BCUT2D eigenvalue weighted by molar-refractivity contribution is -0.121. The summed E-state index contributed by atoms with van der Waals surface area (Å²) in [5.41, 5.74) is -0.0217. The first-order chi connectivity index (χ1) is 6.41. The van der Waals surface area contributed by atoms with E-state index in [0.29, 0.717) is 13.0 Å². The molecule has 1 unspecified atom stereocenters. The van der Waals surface area contributed by atoms with E-state index in [1.165, 1.54) is 0 Å². The van der Waals surface area contributed by atoms with Gasteiger partial charge in [-0.25, -0.2) is 0 Å². The van der Waals surface area contributed by atoms with Gasteiger partial charge in [0.25, 0.3) is 0 Å². The van der Waals surface area contributed by atoms with Gasteiger partial charge in [0.05, 0.1) is 6.54 Å². The van der Waals surface area contributed by atoms with Crippen LogP contribution in [0.1, 0.15) is 27.2 Å². The van der Waals surface area contributed by atoms with Gasteiger partial charge in [0.15, 0.2) is 0 Å². The normalized spacial score (nSPS) is 13.8. The zero-order chi connectivity index (χ0) is 11.2. The summed E-state index contributed by atoms with van der Waals surface area (Å²) in [6, 6.07) is 0.0216. The van der Waals surface area contributed by atoms with Crippen molar-refractivity contribution in [3.05, 3.63) is 0 Å². The lowest BCUT2D eigenvalue weighted by atomic mass is 9.85. The fourth-order valence-electron chi connectivity index (χ4n) is 1.26. The molecule has 1 atom stereocenters. The molecule has 0 heterocycles. The van der Waals surface area contributed by atoms with Crippen molar-refractivity contribution in [1.82, 2.24) is 10.6 Å². The fourth-order valence-corrected chi connectivity index (χ4v) is 1.26. The Hall–Kier alpha value is -0.610. The third-order valence-electron chi connectivity index (χ3n) is 2.14. The first-order valence-electron chi connectivity index (χ1n) is 4.96. The summed E-state index contributed by atoms with van der Waals surface area (Å²) in [7, 11) is 1.73. The highest BCUT2D eigenvalue weighted by molar-refractivity contribution is 5.78. The summed E-state index contributed by atoms with van der Waals surface area (Å²) in [5.74, 6) is -0.0270. The number of nitrogens with one attached hydrogen (secondary N) is 2. The Morgan fingerprint density at radius 3 is 2.36 bits per heavy atom. The minimum Gasteiger partial charge on any atom is -0.396 e. The zero-order valence-electron chi connectivity index (χ0n) is 9.55. The highest BCUT2D eigenvalue weighted by Crippen LogP contribution is 2.21.